The third-order valence-electron chi connectivity index (χ3n) is 2.26. The van der Waals surface area contributed by atoms with Gasteiger partial charge in [0.25, 0.3) is 0 Å². The van der Waals surface area contributed by atoms with Crippen molar-refractivity contribution in [2.24, 2.45) is 5.14 Å². The monoisotopic (exact) mass is 280 g/mol. The average molecular weight is 280 g/mol. The molecule has 4 N–H and O–H groups in total. The summed E-state index contributed by atoms with van der Waals surface area (Å²) in [6.45, 7) is 0. The molecule has 2 aromatic rings. The predicted molar refractivity (Wildman–Crippen MR) is 75.3 cm³/mol. The third kappa shape index (κ3) is 3.73. The van der Waals surface area contributed by atoms with E-state index in [2.05, 4.69) is 9.97 Å². The molecule has 0 aliphatic carbocycles. The predicted octanol–water partition coefficient (Wildman–Crippen LogP) is 0.803. The summed E-state index contributed by atoms with van der Waals surface area (Å²) in [5.74, 6) is -0.366. The molecule has 0 bridgehead atoms. The normalized spacial score (nSPS) is 13.8. The van der Waals surface area contributed by atoms with Gasteiger partial charge in [-0.2, -0.15) is 0 Å². The molecule has 0 aliphatic rings. The summed E-state index contributed by atoms with van der Waals surface area (Å²) >= 11 is 0. The first-order valence-corrected chi connectivity index (χ1v) is 7.44. The van der Waals surface area contributed by atoms with E-state index in [9.17, 15) is 8.60 Å². The SMILES string of the molecule is CS(N)(=O)=Cc1cc(F)cc(-c2ccnc(N)n2)c1. The highest BCUT2D eigenvalue weighted by Crippen LogP contribution is 2.19. The number of hydrogen-bond acceptors (Lipinski definition) is 4. The van der Waals surface area contributed by atoms with Crippen LogP contribution in [-0.4, -0.2) is 25.8 Å². The molecule has 100 valence electrons. The Morgan fingerprint density at radius 2 is 2.11 bits per heavy atom. The van der Waals surface area contributed by atoms with Crippen molar-refractivity contribution < 1.29 is 8.60 Å². The molecule has 1 aromatic carbocycles. The fourth-order valence-corrected chi connectivity index (χ4v) is 2.31. The fraction of sp³-hybridized carbons (Fsp3) is 0.0833. The second-order valence-electron chi connectivity index (χ2n) is 4.16. The lowest BCUT2D eigenvalue weighted by molar-refractivity contribution is 0.628. The Bertz CT molecular complexity index is 730. The van der Waals surface area contributed by atoms with E-state index in [1.165, 1.54) is 30.0 Å². The number of halogens is 1. The van der Waals surface area contributed by atoms with Crippen molar-refractivity contribution in [2.45, 2.75) is 0 Å². The highest BCUT2D eigenvalue weighted by molar-refractivity contribution is 7.98. The highest BCUT2D eigenvalue weighted by atomic mass is 32.2. The van der Waals surface area contributed by atoms with Gasteiger partial charge in [0.1, 0.15) is 5.82 Å². The van der Waals surface area contributed by atoms with Gasteiger partial charge in [-0.3, -0.25) is 9.35 Å². The Morgan fingerprint density at radius 3 is 2.74 bits per heavy atom. The van der Waals surface area contributed by atoms with Crippen LogP contribution in [-0.2, 0) is 9.71 Å². The van der Waals surface area contributed by atoms with Crippen LogP contribution in [0.2, 0.25) is 0 Å². The number of hydrogen-bond donors (Lipinski definition) is 2. The fourth-order valence-electron chi connectivity index (χ4n) is 1.63. The molecule has 0 saturated heterocycles. The van der Waals surface area contributed by atoms with E-state index in [-0.39, 0.29) is 5.95 Å². The quantitative estimate of drug-likeness (QED) is 0.796. The zero-order valence-electron chi connectivity index (χ0n) is 10.2. The summed E-state index contributed by atoms with van der Waals surface area (Å²) in [7, 11) is -2.60. The van der Waals surface area contributed by atoms with E-state index in [1.807, 2.05) is 0 Å². The number of aromatic nitrogens is 2. The van der Waals surface area contributed by atoms with Crippen LogP contribution < -0.4 is 10.9 Å². The second kappa shape index (κ2) is 4.94. The molecule has 7 heteroatoms. The molecular formula is C12H13FN4OS. The lowest BCUT2D eigenvalue weighted by Crippen LogP contribution is -2.13. The van der Waals surface area contributed by atoms with Crippen molar-refractivity contribution in [3.05, 3.63) is 41.8 Å². The van der Waals surface area contributed by atoms with Crippen LogP contribution in [0.3, 0.4) is 0 Å². The van der Waals surface area contributed by atoms with Crippen LogP contribution in [0.4, 0.5) is 10.3 Å². The molecule has 1 heterocycles. The molecule has 5 nitrogen and oxygen atoms in total. The van der Waals surface area contributed by atoms with Gasteiger partial charge in [0, 0.05) is 33.1 Å². The van der Waals surface area contributed by atoms with Crippen molar-refractivity contribution in [1.82, 2.24) is 9.97 Å². The smallest absolute Gasteiger partial charge is 0.220 e. The summed E-state index contributed by atoms with van der Waals surface area (Å²) in [4.78, 5) is 7.77. The maximum absolute atomic E-state index is 13.6. The summed E-state index contributed by atoms with van der Waals surface area (Å²) < 4.78 is 25.1. The Kier molecular flexibility index (Phi) is 3.50. The molecule has 0 radical (unpaired) electrons. The summed E-state index contributed by atoms with van der Waals surface area (Å²) in [5, 5.41) is 6.76. The summed E-state index contributed by atoms with van der Waals surface area (Å²) in [5.41, 5.74) is 6.92. The Hall–Kier alpha value is -1.99. The van der Waals surface area contributed by atoms with Gasteiger partial charge in [0.2, 0.25) is 5.95 Å². The largest absolute Gasteiger partial charge is 0.368 e. The number of anilines is 1. The van der Waals surface area contributed by atoms with Crippen LogP contribution >= 0.6 is 0 Å². The van der Waals surface area contributed by atoms with Crippen molar-refractivity contribution >= 4 is 21.0 Å². The van der Waals surface area contributed by atoms with E-state index < -0.39 is 15.5 Å². The molecule has 1 atom stereocenters. The van der Waals surface area contributed by atoms with Gasteiger partial charge < -0.3 is 5.73 Å². The molecule has 2 rings (SSSR count). The number of nitrogens with zero attached hydrogens (tertiary/aromatic N) is 2. The number of benzene rings is 1. The minimum Gasteiger partial charge on any atom is -0.368 e. The van der Waals surface area contributed by atoms with Gasteiger partial charge in [-0.05, 0) is 29.8 Å². The Balaban J connectivity index is 2.57. The van der Waals surface area contributed by atoms with E-state index in [4.69, 9.17) is 10.9 Å². The minimum absolute atomic E-state index is 0.102. The van der Waals surface area contributed by atoms with Gasteiger partial charge in [-0.15, -0.1) is 0 Å². The zero-order chi connectivity index (χ0) is 14.0. The first kappa shape index (κ1) is 13.4. The van der Waals surface area contributed by atoms with Crippen molar-refractivity contribution in [1.29, 1.82) is 0 Å². The zero-order valence-corrected chi connectivity index (χ0v) is 11.0. The molecular weight excluding hydrogens is 267 g/mol. The molecule has 0 amide bonds. The first-order chi connectivity index (χ1) is 8.83. The van der Waals surface area contributed by atoms with Crippen molar-refractivity contribution in [3.8, 4) is 11.3 Å². The summed E-state index contributed by atoms with van der Waals surface area (Å²) in [6.07, 6.45) is 2.86. The van der Waals surface area contributed by atoms with Gasteiger partial charge in [-0.25, -0.2) is 14.4 Å². The lowest BCUT2D eigenvalue weighted by Gasteiger charge is -2.04. The van der Waals surface area contributed by atoms with E-state index >= 15 is 0 Å². The summed E-state index contributed by atoms with van der Waals surface area (Å²) in [6, 6.07) is 5.82. The van der Waals surface area contributed by atoms with Crippen molar-refractivity contribution in [2.75, 3.05) is 12.0 Å². The highest BCUT2D eigenvalue weighted by Gasteiger charge is 2.05. The molecule has 0 spiro atoms. The Morgan fingerprint density at radius 1 is 1.37 bits per heavy atom. The average Bonchev–Trinajstić information content (AvgIpc) is 2.25. The standard InChI is InChI=1S/C12H13FN4OS/c1-19(15,18)7-8-4-9(6-10(13)5-8)11-2-3-16-12(14)17-11/h2-7H,1H3,(H2,15,18)(H2,14,16,17). The van der Waals surface area contributed by atoms with Gasteiger partial charge >= 0.3 is 0 Å². The maximum atomic E-state index is 13.6. The number of nitrogens with two attached hydrogens (primary N) is 2. The van der Waals surface area contributed by atoms with Gasteiger partial charge in [0.15, 0.2) is 0 Å². The minimum atomic E-state index is -2.60. The molecule has 1 aromatic heterocycles. The number of rotatable bonds is 2. The molecule has 19 heavy (non-hydrogen) atoms. The first-order valence-electron chi connectivity index (χ1n) is 5.35. The van der Waals surface area contributed by atoms with E-state index in [0.29, 0.717) is 16.8 Å². The molecule has 1 unspecified atom stereocenters. The molecule has 0 fully saturated rings. The van der Waals surface area contributed by atoms with Crippen molar-refractivity contribution in [3.63, 3.8) is 0 Å². The van der Waals surface area contributed by atoms with Gasteiger partial charge in [0.05, 0.1) is 5.69 Å². The second-order valence-corrected chi connectivity index (χ2v) is 6.33. The molecule has 0 aliphatic heterocycles. The van der Waals surface area contributed by atoms with Crippen LogP contribution in [0.5, 0.6) is 0 Å². The van der Waals surface area contributed by atoms with Gasteiger partial charge in [-0.1, -0.05) is 0 Å². The third-order valence-corrected chi connectivity index (χ3v) is 3.00. The Labute approximate surface area is 110 Å². The maximum Gasteiger partial charge on any atom is 0.220 e. The molecule has 0 saturated carbocycles. The number of nitrogen functional groups attached to an aromatic ring is 1. The lowest BCUT2D eigenvalue weighted by atomic mass is 10.1. The van der Waals surface area contributed by atoms with Crippen LogP contribution in [0.15, 0.2) is 30.5 Å². The van der Waals surface area contributed by atoms with Crippen LogP contribution in [0.1, 0.15) is 5.56 Å². The van der Waals surface area contributed by atoms with Crippen LogP contribution in [0, 0.1) is 5.82 Å². The van der Waals surface area contributed by atoms with E-state index in [0.717, 1.165) is 0 Å². The van der Waals surface area contributed by atoms with E-state index in [1.54, 1.807) is 12.1 Å². The van der Waals surface area contributed by atoms with Crippen LogP contribution in [0.25, 0.3) is 11.3 Å². The topological polar surface area (TPSA) is 94.9 Å².